The van der Waals surface area contributed by atoms with E-state index in [1.165, 1.54) is 0 Å². The van der Waals surface area contributed by atoms with Crippen LogP contribution in [-0.4, -0.2) is 53.1 Å². The number of aromatic amines is 1. The molecule has 0 bridgehead atoms. The molecule has 0 radical (unpaired) electrons. The Morgan fingerprint density at radius 2 is 1.60 bits per heavy atom. The number of amides is 1. The largest absolute Gasteiger partial charge is 0.462 e. The minimum absolute atomic E-state index is 0.0745. The number of hydrogen-bond acceptors (Lipinski definition) is 6. The number of benzene rings is 2. The number of esters is 1. The van der Waals surface area contributed by atoms with Crippen LogP contribution in [0.4, 0.5) is 4.79 Å². The summed E-state index contributed by atoms with van der Waals surface area (Å²) >= 11 is 0. The van der Waals surface area contributed by atoms with Crippen molar-refractivity contribution >= 4 is 12.1 Å². The zero-order valence-corrected chi connectivity index (χ0v) is 20.0. The van der Waals surface area contributed by atoms with E-state index in [0.717, 1.165) is 22.3 Å². The molecule has 0 spiro atoms. The zero-order chi connectivity index (χ0) is 25.1. The van der Waals surface area contributed by atoms with Crippen molar-refractivity contribution in [3.8, 4) is 11.1 Å². The number of aliphatic hydroxyl groups excluding tert-OH is 2. The molecule has 35 heavy (non-hydrogen) atoms. The first-order valence-corrected chi connectivity index (χ1v) is 11.6. The quantitative estimate of drug-likeness (QED) is 0.366. The van der Waals surface area contributed by atoms with Gasteiger partial charge in [0.25, 0.3) is 0 Å². The van der Waals surface area contributed by atoms with Crippen LogP contribution in [0.25, 0.3) is 11.1 Å². The predicted molar refractivity (Wildman–Crippen MR) is 130 cm³/mol. The SMILES string of the molecule is CCOC(=O)c1c(C)[nH]c(C(O)C(O)CNC(=O)OCC2c3ccccc3-c3ccccc32)c1C. The Balaban J connectivity index is 1.35. The summed E-state index contributed by atoms with van der Waals surface area (Å²) in [6, 6.07) is 16.1. The Morgan fingerprint density at radius 1 is 1.00 bits per heavy atom. The maximum absolute atomic E-state index is 12.4. The van der Waals surface area contributed by atoms with Gasteiger partial charge in [0.15, 0.2) is 0 Å². The monoisotopic (exact) mass is 478 g/mol. The molecule has 1 aromatic heterocycles. The highest BCUT2D eigenvalue weighted by Gasteiger charge is 2.30. The summed E-state index contributed by atoms with van der Waals surface area (Å²) in [6.45, 7) is 5.22. The van der Waals surface area contributed by atoms with Crippen LogP contribution in [0.2, 0.25) is 0 Å². The average molecular weight is 479 g/mol. The molecule has 2 aromatic carbocycles. The number of aromatic nitrogens is 1. The van der Waals surface area contributed by atoms with Crippen LogP contribution >= 0.6 is 0 Å². The molecule has 1 aliphatic rings. The van der Waals surface area contributed by atoms with Crippen molar-refractivity contribution in [1.82, 2.24) is 10.3 Å². The average Bonchev–Trinajstić information content (AvgIpc) is 3.34. The molecule has 0 aliphatic heterocycles. The highest BCUT2D eigenvalue weighted by atomic mass is 16.5. The summed E-state index contributed by atoms with van der Waals surface area (Å²) in [5.74, 6) is -0.571. The number of carbonyl (C=O) groups is 2. The normalized spacial score (nSPS) is 14.1. The molecular weight excluding hydrogens is 448 g/mol. The number of hydrogen-bond donors (Lipinski definition) is 4. The maximum Gasteiger partial charge on any atom is 0.407 e. The van der Waals surface area contributed by atoms with Crippen molar-refractivity contribution in [1.29, 1.82) is 0 Å². The standard InChI is InChI=1S/C27H30N2O6/c1-4-34-26(32)23-15(2)24(29-16(23)3)25(31)22(30)13-28-27(33)35-14-21-19-11-7-5-9-17(19)18-10-6-8-12-20(18)21/h5-12,21-22,25,29-31H,4,13-14H2,1-3H3,(H,28,33). The van der Waals surface area contributed by atoms with Crippen molar-refractivity contribution in [2.45, 2.75) is 38.9 Å². The summed E-state index contributed by atoms with van der Waals surface area (Å²) in [4.78, 5) is 27.5. The van der Waals surface area contributed by atoms with Gasteiger partial charge in [-0.3, -0.25) is 0 Å². The summed E-state index contributed by atoms with van der Waals surface area (Å²) in [7, 11) is 0. The molecule has 8 nitrogen and oxygen atoms in total. The van der Waals surface area contributed by atoms with Crippen LogP contribution < -0.4 is 5.32 Å². The van der Waals surface area contributed by atoms with Crippen molar-refractivity contribution in [2.75, 3.05) is 19.8 Å². The topological polar surface area (TPSA) is 121 Å². The van der Waals surface area contributed by atoms with Gasteiger partial charge in [0.1, 0.15) is 18.8 Å². The predicted octanol–water partition coefficient (Wildman–Crippen LogP) is 3.74. The molecule has 3 aromatic rings. The third-order valence-corrected chi connectivity index (χ3v) is 6.42. The van der Waals surface area contributed by atoms with Gasteiger partial charge < -0.3 is 30.0 Å². The fourth-order valence-electron chi connectivity index (χ4n) is 4.72. The highest BCUT2D eigenvalue weighted by Crippen LogP contribution is 2.44. The molecule has 4 rings (SSSR count). The zero-order valence-electron chi connectivity index (χ0n) is 20.0. The lowest BCUT2D eigenvalue weighted by molar-refractivity contribution is 0.0159. The first-order chi connectivity index (χ1) is 16.8. The smallest absolute Gasteiger partial charge is 0.407 e. The van der Waals surface area contributed by atoms with Crippen molar-refractivity contribution in [3.05, 3.63) is 82.2 Å². The van der Waals surface area contributed by atoms with Gasteiger partial charge in [0.2, 0.25) is 0 Å². The fraction of sp³-hybridized carbons (Fsp3) is 0.333. The van der Waals surface area contributed by atoms with Gasteiger partial charge in [-0.05, 0) is 48.6 Å². The number of nitrogens with one attached hydrogen (secondary N) is 2. The first-order valence-electron chi connectivity index (χ1n) is 11.6. The fourth-order valence-corrected chi connectivity index (χ4v) is 4.72. The number of aliphatic hydroxyl groups is 2. The minimum atomic E-state index is -1.34. The van der Waals surface area contributed by atoms with E-state index in [2.05, 4.69) is 22.4 Å². The van der Waals surface area contributed by atoms with E-state index in [-0.39, 0.29) is 25.7 Å². The molecular formula is C27H30N2O6. The summed E-state index contributed by atoms with van der Waals surface area (Å²) < 4.78 is 10.5. The van der Waals surface area contributed by atoms with E-state index in [9.17, 15) is 19.8 Å². The van der Waals surface area contributed by atoms with Crippen LogP contribution in [0.5, 0.6) is 0 Å². The second-order valence-electron chi connectivity index (χ2n) is 8.60. The number of aryl methyl sites for hydroxylation is 1. The molecule has 0 fully saturated rings. The van der Waals surface area contributed by atoms with Crippen molar-refractivity contribution in [3.63, 3.8) is 0 Å². The van der Waals surface area contributed by atoms with Crippen molar-refractivity contribution in [2.24, 2.45) is 0 Å². The van der Waals surface area contributed by atoms with Crippen LogP contribution in [0.3, 0.4) is 0 Å². The molecule has 0 saturated heterocycles. The summed E-state index contributed by atoms with van der Waals surface area (Å²) in [5.41, 5.74) is 6.13. The first kappa shape index (κ1) is 24.5. The molecule has 2 unspecified atom stereocenters. The molecule has 1 amide bonds. The molecule has 0 saturated carbocycles. The van der Waals surface area contributed by atoms with Crippen LogP contribution in [-0.2, 0) is 9.47 Å². The second kappa shape index (κ2) is 10.3. The van der Waals surface area contributed by atoms with E-state index < -0.39 is 24.3 Å². The number of alkyl carbamates (subject to hydrolysis) is 1. The number of ether oxygens (including phenoxy) is 2. The number of rotatable bonds is 8. The van der Waals surface area contributed by atoms with Crippen molar-refractivity contribution < 1.29 is 29.3 Å². The molecule has 2 atom stereocenters. The van der Waals surface area contributed by atoms with Crippen LogP contribution in [0.15, 0.2) is 48.5 Å². The third-order valence-electron chi connectivity index (χ3n) is 6.42. The molecule has 1 heterocycles. The Kier molecular flexibility index (Phi) is 7.23. The lowest BCUT2D eigenvalue weighted by atomic mass is 9.98. The maximum atomic E-state index is 12.4. The lowest BCUT2D eigenvalue weighted by Gasteiger charge is -2.19. The minimum Gasteiger partial charge on any atom is -0.462 e. The molecule has 4 N–H and O–H groups in total. The van der Waals surface area contributed by atoms with Gasteiger partial charge >= 0.3 is 12.1 Å². The van der Waals surface area contributed by atoms with Gasteiger partial charge in [0.05, 0.1) is 17.9 Å². The number of fused-ring (bicyclic) bond motifs is 3. The van der Waals surface area contributed by atoms with Crippen LogP contribution in [0.1, 0.15) is 57.4 Å². The van der Waals surface area contributed by atoms with Gasteiger partial charge in [0, 0.05) is 18.2 Å². The van der Waals surface area contributed by atoms with Gasteiger partial charge in [-0.1, -0.05) is 48.5 Å². The van der Waals surface area contributed by atoms with Gasteiger partial charge in [-0.15, -0.1) is 0 Å². The number of carbonyl (C=O) groups excluding carboxylic acids is 2. The van der Waals surface area contributed by atoms with E-state index in [1.54, 1.807) is 20.8 Å². The second-order valence-corrected chi connectivity index (χ2v) is 8.60. The summed E-state index contributed by atoms with van der Waals surface area (Å²) in [5, 5.41) is 23.6. The van der Waals surface area contributed by atoms with Gasteiger partial charge in [-0.2, -0.15) is 0 Å². The Bertz CT molecular complexity index is 1190. The lowest BCUT2D eigenvalue weighted by Crippen LogP contribution is -2.36. The van der Waals surface area contributed by atoms with E-state index >= 15 is 0 Å². The van der Waals surface area contributed by atoms with Crippen LogP contribution in [0, 0.1) is 13.8 Å². The highest BCUT2D eigenvalue weighted by molar-refractivity contribution is 5.92. The Morgan fingerprint density at radius 3 is 2.20 bits per heavy atom. The van der Waals surface area contributed by atoms with E-state index in [1.807, 2.05) is 36.4 Å². The van der Waals surface area contributed by atoms with Gasteiger partial charge in [-0.25, -0.2) is 9.59 Å². The van der Waals surface area contributed by atoms with E-state index in [0.29, 0.717) is 22.5 Å². The molecule has 184 valence electrons. The molecule has 1 aliphatic carbocycles. The number of H-pyrrole nitrogens is 1. The molecule has 8 heteroatoms. The third kappa shape index (κ3) is 4.80. The summed E-state index contributed by atoms with van der Waals surface area (Å²) in [6.07, 6.45) is -3.35. The van der Waals surface area contributed by atoms with E-state index in [4.69, 9.17) is 9.47 Å². The Labute approximate surface area is 203 Å². The Hall–Kier alpha value is -3.62.